The zero-order valence-corrected chi connectivity index (χ0v) is 17.4. The van der Waals surface area contributed by atoms with Crippen molar-refractivity contribution < 1.29 is 28.5 Å². The molecule has 0 bridgehead atoms. The van der Waals surface area contributed by atoms with Crippen molar-refractivity contribution in [1.82, 2.24) is 0 Å². The van der Waals surface area contributed by atoms with Crippen LogP contribution in [-0.2, 0) is 28.5 Å². The summed E-state index contributed by atoms with van der Waals surface area (Å²) in [5, 5.41) is 0. The van der Waals surface area contributed by atoms with Crippen LogP contribution in [0, 0.1) is 11.8 Å². The number of esters is 2. The van der Waals surface area contributed by atoms with Crippen molar-refractivity contribution >= 4 is 11.9 Å². The molecule has 2 unspecified atom stereocenters. The Labute approximate surface area is 158 Å². The van der Waals surface area contributed by atoms with Crippen LogP contribution in [0.25, 0.3) is 0 Å². The SMILES string of the molecule is CCCCOC(=O)C(OCC(C)C)C(OCC(C)C)C(=O)OCCCC. The van der Waals surface area contributed by atoms with E-state index in [1.807, 2.05) is 41.5 Å². The van der Waals surface area contributed by atoms with Crippen molar-refractivity contribution in [2.45, 2.75) is 79.4 Å². The van der Waals surface area contributed by atoms with E-state index in [-0.39, 0.29) is 11.8 Å². The van der Waals surface area contributed by atoms with Gasteiger partial charge in [-0.1, -0.05) is 54.4 Å². The Morgan fingerprint density at radius 1 is 0.692 bits per heavy atom. The second kappa shape index (κ2) is 15.0. The molecule has 0 aromatic carbocycles. The molecule has 0 heterocycles. The van der Waals surface area contributed by atoms with Crippen LogP contribution >= 0.6 is 0 Å². The van der Waals surface area contributed by atoms with Gasteiger partial charge in [-0.15, -0.1) is 0 Å². The van der Waals surface area contributed by atoms with Crippen LogP contribution in [-0.4, -0.2) is 50.6 Å². The van der Waals surface area contributed by atoms with Gasteiger partial charge in [0.2, 0.25) is 0 Å². The van der Waals surface area contributed by atoms with Crippen molar-refractivity contribution in [3.8, 4) is 0 Å². The third-order valence-electron chi connectivity index (χ3n) is 3.44. The van der Waals surface area contributed by atoms with Gasteiger partial charge in [0.1, 0.15) is 0 Å². The van der Waals surface area contributed by atoms with Gasteiger partial charge in [0.15, 0.2) is 12.2 Å². The quantitative estimate of drug-likeness (QED) is 0.321. The summed E-state index contributed by atoms with van der Waals surface area (Å²) in [5.74, 6) is -0.716. The first-order valence-corrected chi connectivity index (χ1v) is 9.89. The number of hydrogen-bond acceptors (Lipinski definition) is 6. The fourth-order valence-electron chi connectivity index (χ4n) is 1.95. The van der Waals surface area contributed by atoms with Gasteiger partial charge < -0.3 is 18.9 Å². The number of hydrogen-bond donors (Lipinski definition) is 0. The van der Waals surface area contributed by atoms with Crippen molar-refractivity contribution in [2.75, 3.05) is 26.4 Å². The molecule has 0 aromatic rings. The molecule has 154 valence electrons. The molecule has 0 aliphatic heterocycles. The van der Waals surface area contributed by atoms with E-state index in [2.05, 4.69) is 0 Å². The first-order chi connectivity index (χ1) is 12.3. The lowest BCUT2D eigenvalue weighted by Crippen LogP contribution is -2.46. The molecule has 0 spiro atoms. The number of carbonyl (C=O) groups is 2. The molecule has 0 radical (unpaired) electrons. The lowest BCUT2D eigenvalue weighted by atomic mass is 10.1. The molecule has 0 aliphatic rings. The fourth-order valence-corrected chi connectivity index (χ4v) is 1.95. The molecule has 26 heavy (non-hydrogen) atoms. The Morgan fingerprint density at radius 2 is 1.04 bits per heavy atom. The molecule has 6 nitrogen and oxygen atoms in total. The average molecular weight is 375 g/mol. The topological polar surface area (TPSA) is 71.1 Å². The summed E-state index contributed by atoms with van der Waals surface area (Å²) < 4.78 is 22.0. The molecule has 0 aliphatic carbocycles. The summed E-state index contributed by atoms with van der Waals surface area (Å²) >= 11 is 0. The van der Waals surface area contributed by atoms with Gasteiger partial charge in [-0.2, -0.15) is 0 Å². The molecular weight excluding hydrogens is 336 g/mol. The Hall–Kier alpha value is -1.14. The molecule has 0 rings (SSSR count). The van der Waals surface area contributed by atoms with E-state index in [1.54, 1.807) is 0 Å². The molecule has 2 atom stereocenters. The van der Waals surface area contributed by atoms with Gasteiger partial charge >= 0.3 is 11.9 Å². The predicted molar refractivity (Wildman–Crippen MR) is 101 cm³/mol. The smallest absolute Gasteiger partial charge is 0.338 e. The Bertz CT molecular complexity index is 344. The Balaban J connectivity index is 5.16. The van der Waals surface area contributed by atoms with Crippen LogP contribution < -0.4 is 0 Å². The van der Waals surface area contributed by atoms with Crippen LogP contribution in [0.5, 0.6) is 0 Å². The summed E-state index contributed by atoms with van der Waals surface area (Å²) in [4.78, 5) is 25.0. The van der Waals surface area contributed by atoms with Crippen molar-refractivity contribution in [3.05, 3.63) is 0 Å². The molecule has 0 saturated carbocycles. The summed E-state index contributed by atoms with van der Waals surface area (Å²) in [6.07, 6.45) is 1.14. The highest BCUT2D eigenvalue weighted by Crippen LogP contribution is 2.14. The molecule has 0 saturated heterocycles. The van der Waals surface area contributed by atoms with Gasteiger partial charge in [0.25, 0.3) is 0 Å². The van der Waals surface area contributed by atoms with Crippen LogP contribution in [0.3, 0.4) is 0 Å². The predicted octanol–water partition coefficient (Wildman–Crippen LogP) is 3.76. The number of rotatable bonds is 15. The van der Waals surface area contributed by atoms with E-state index in [9.17, 15) is 9.59 Å². The normalized spacial score (nSPS) is 13.7. The maximum Gasteiger partial charge on any atom is 0.338 e. The third kappa shape index (κ3) is 11.5. The first-order valence-electron chi connectivity index (χ1n) is 9.89. The maximum absolute atomic E-state index is 12.5. The fraction of sp³-hybridized carbons (Fsp3) is 0.900. The Morgan fingerprint density at radius 3 is 1.31 bits per heavy atom. The number of carbonyl (C=O) groups excluding carboxylic acids is 2. The first kappa shape index (κ1) is 24.9. The maximum atomic E-state index is 12.5. The molecular formula is C20H38O6. The van der Waals surface area contributed by atoms with E-state index in [0.29, 0.717) is 26.4 Å². The summed E-state index contributed by atoms with van der Waals surface area (Å²) in [5.41, 5.74) is 0. The van der Waals surface area contributed by atoms with Crippen LogP contribution in [0.4, 0.5) is 0 Å². The molecule has 0 fully saturated rings. The lowest BCUT2D eigenvalue weighted by Gasteiger charge is -2.26. The minimum absolute atomic E-state index is 0.211. The standard InChI is InChI=1S/C20H38O6/c1-7-9-11-23-19(21)17(25-13-15(3)4)18(26-14-16(5)6)20(22)24-12-10-8-2/h15-18H,7-14H2,1-6H3. The van der Waals surface area contributed by atoms with Gasteiger partial charge in [0, 0.05) is 0 Å². The third-order valence-corrected chi connectivity index (χ3v) is 3.44. The zero-order valence-electron chi connectivity index (χ0n) is 17.4. The lowest BCUT2D eigenvalue weighted by molar-refractivity contribution is -0.185. The van der Waals surface area contributed by atoms with Crippen LogP contribution in [0.2, 0.25) is 0 Å². The van der Waals surface area contributed by atoms with E-state index in [0.717, 1.165) is 25.7 Å². The average Bonchev–Trinajstić information content (AvgIpc) is 2.57. The van der Waals surface area contributed by atoms with Crippen molar-refractivity contribution in [3.63, 3.8) is 0 Å². The number of unbranched alkanes of at least 4 members (excludes halogenated alkanes) is 2. The highest BCUT2D eigenvalue weighted by molar-refractivity contribution is 5.85. The van der Waals surface area contributed by atoms with Crippen molar-refractivity contribution in [1.29, 1.82) is 0 Å². The van der Waals surface area contributed by atoms with Crippen LogP contribution in [0.15, 0.2) is 0 Å². The van der Waals surface area contributed by atoms with Gasteiger partial charge in [0.05, 0.1) is 26.4 Å². The highest BCUT2D eigenvalue weighted by Gasteiger charge is 2.38. The van der Waals surface area contributed by atoms with E-state index in [4.69, 9.17) is 18.9 Å². The molecule has 6 heteroatoms. The van der Waals surface area contributed by atoms with E-state index >= 15 is 0 Å². The molecule has 0 N–H and O–H groups in total. The minimum Gasteiger partial charge on any atom is -0.464 e. The largest absolute Gasteiger partial charge is 0.464 e. The summed E-state index contributed by atoms with van der Waals surface area (Å²) in [6, 6.07) is 0. The van der Waals surface area contributed by atoms with Crippen LogP contribution in [0.1, 0.15) is 67.2 Å². The zero-order chi connectivity index (χ0) is 19.9. The van der Waals surface area contributed by atoms with Crippen molar-refractivity contribution in [2.24, 2.45) is 11.8 Å². The van der Waals surface area contributed by atoms with Gasteiger partial charge in [-0.05, 0) is 24.7 Å². The van der Waals surface area contributed by atoms with Gasteiger partial charge in [-0.3, -0.25) is 0 Å². The Kier molecular flexibility index (Phi) is 14.3. The summed E-state index contributed by atoms with van der Waals surface area (Å²) in [7, 11) is 0. The van der Waals surface area contributed by atoms with Gasteiger partial charge in [-0.25, -0.2) is 9.59 Å². The van der Waals surface area contributed by atoms with E-state index in [1.165, 1.54) is 0 Å². The molecule has 0 aromatic heterocycles. The highest BCUT2D eigenvalue weighted by atomic mass is 16.6. The summed E-state index contributed by atoms with van der Waals surface area (Å²) in [6.45, 7) is 13.2. The second-order valence-electron chi connectivity index (χ2n) is 7.34. The van der Waals surface area contributed by atoms with E-state index < -0.39 is 24.1 Å². The molecule has 0 amide bonds. The minimum atomic E-state index is -1.11. The second-order valence-corrected chi connectivity index (χ2v) is 7.34. The monoisotopic (exact) mass is 374 g/mol. The number of ether oxygens (including phenoxy) is 4.